The molecule has 4 nitrogen and oxygen atoms in total. The third-order valence-corrected chi connectivity index (χ3v) is 2.79. The zero-order valence-electron chi connectivity index (χ0n) is 8.51. The lowest BCUT2D eigenvalue weighted by atomic mass is 10.1. The number of hydrogen-bond acceptors (Lipinski definition) is 4. The van der Waals surface area contributed by atoms with E-state index in [9.17, 15) is 4.79 Å². The second-order valence-electron chi connectivity index (χ2n) is 3.11. The number of rotatable bonds is 3. The van der Waals surface area contributed by atoms with Crippen LogP contribution in [0.4, 0.5) is 0 Å². The molecule has 2 rings (SSSR count). The van der Waals surface area contributed by atoms with Gasteiger partial charge in [-0.25, -0.2) is 4.79 Å². The van der Waals surface area contributed by atoms with Gasteiger partial charge in [-0.3, -0.25) is 0 Å². The summed E-state index contributed by atoms with van der Waals surface area (Å²) in [6.07, 6.45) is 0. The second-order valence-corrected chi connectivity index (χ2v) is 3.74. The van der Waals surface area contributed by atoms with E-state index in [0.717, 1.165) is 22.8 Å². The molecule has 1 N–H and O–H groups in total. The first-order chi connectivity index (χ1) is 7.72. The molecule has 16 heavy (non-hydrogen) atoms. The number of aromatic carboxylic acids is 1. The Labute approximate surface area is 96.3 Å². The smallest absolute Gasteiger partial charge is 0.338 e. The van der Waals surface area contributed by atoms with Crippen LogP contribution in [0.2, 0.25) is 0 Å². The lowest BCUT2D eigenvalue weighted by Gasteiger charge is -2.01. The SMILES string of the molecule is COc1ccc(-c2nscc2C(=O)O)cc1. The Morgan fingerprint density at radius 2 is 2.06 bits per heavy atom. The molecular weight excluding hydrogens is 226 g/mol. The monoisotopic (exact) mass is 235 g/mol. The van der Waals surface area contributed by atoms with Gasteiger partial charge in [0.05, 0.1) is 18.4 Å². The van der Waals surface area contributed by atoms with Crippen molar-refractivity contribution in [2.24, 2.45) is 0 Å². The highest BCUT2D eigenvalue weighted by Crippen LogP contribution is 2.25. The van der Waals surface area contributed by atoms with Crippen LogP contribution in [0.3, 0.4) is 0 Å². The van der Waals surface area contributed by atoms with Gasteiger partial charge in [-0.2, -0.15) is 4.37 Å². The van der Waals surface area contributed by atoms with E-state index in [1.54, 1.807) is 31.4 Å². The number of aromatic nitrogens is 1. The Balaban J connectivity index is 2.42. The zero-order valence-corrected chi connectivity index (χ0v) is 9.32. The number of carboxylic acids is 1. The summed E-state index contributed by atoms with van der Waals surface area (Å²) >= 11 is 1.14. The number of nitrogens with zero attached hydrogens (tertiary/aromatic N) is 1. The van der Waals surface area contributed by atoms with Crippen molar-refractivity contribution < 1.29 is 14.6 Å². The van der Waals surface area contributed by atoms with Gasteiger partial charge in [0.2, 0.25) is 0 Å². The molecule has 0 atom stereocenters. The van der Waals surface area contributed by atoms with Crippen molar-refractivity contribution in [3.63, 3.8) is 0 Å². The number of methoxy groups -OCH3 is 1. The summed E-state index contributed by atoms with van der Waals surface area (Å²) in [6.45, 7) is 0. The molecule has 0 amide bonds. The Bertz CT molecular complexity index is 504. The van der Waals surface area contributed by atoms with Crippen LogP contribution in [0.15, 0.2) is 29.6 Å². The Hall–Kier alpha value is -1.88. The van der Waals surface area contributed by atoms with E-state index in [1.165, 1.54) is 5.38 Å². The summed E-state index contributed by atoms with van der Waals surface area (Å²) in [5, 5.41) is 10.5. The predicted octanol–water partition coefficient (Wildman–Crippen LogP) is 2.52. The van der Waals surface area contributed by atoms with E-state index in [-0.39, 0.29) is 5.56 Å². The minimum Gasteiger partial charge on any atom is -0.497 e. The largest absolute Gasteiger partial charge is 0.497 e. The standard InChI is InChI=1S/C11H9NO3S/c1-15-8-4-2-7(3-5-8)10-9(11(13)14)6-16-12-10/h2-6H,1H3,(H,13,14). The van der Waals surface area contributed by atoms with E-state index in [0.29, 0.717) is 5.69 Å². The predicted molar refractivity (Wildman–Crippen MR) is 61.1 cm³/mol. The number of benzene rings is 1. The first-order valence-corrected chi connectivity index (χ1v) is 5.38. The maximum Gasteiger partial charge on any atom is 0.338 e. The van der Waals surface area contributed by atoms with Gasteiger partial charge in [-0.15, -0.1) is 0 Å². The van der Waals surface area contributed by atoms with Crippen molar-refractivity contribution in [2.75, 3.05) is 7.11 Å². The molecule has 0 saturated heterocycles. The van der Waals surface area contributed by atoms with E-state index >= 15 is 0 Å². The molecule has 0 radical (unpaired) electrons. The molecule has 1 aromatic heterocycles. The fourth-order valence-corrected chi connectivity index (χ4v) is 2.03. The maximum absolute atomic E-state index is 10.9. The molecule has 1 aromatic carbocycles. The highest BCUT2D eigenvalue weighted by atomic mass is 32.1. The van der Waals surface area contributed by atoms with Crippen molar-refractivity contribution in [2.45, 2.75) is 0 Å². The van der Waals surface area contributed by atoms with Crippen LogP contribution in [-0.4, -0.2) is 22.6 Å². The van der Waals surface area contributed by atoms with Gasteiger partial charge in [0.1, 0.15) is 5.75 Å². The van der Waals surface area contributed by atoms with Gasteiger partial charge in [-0.1, -0.05) is 0 Å². The van der Waals surface area contributed by atoms with E-state index in [1.807, 2.05) is 0 Å². The molecule has 5 heteroatoms. The molecule has 0 aliphatic heterocycles. The second kappa shape index (κ2) is 4.32. The molecule has 1 heterocycles. The minimum absolute atomic E-state index is 0.232. The lowest BCUT2D eigenvalue weighted by molar-refractivity contribution is 0.0698. The number of hydrogen-bond donors (Lipinski definition) is 1. The highest BCUT2D eigenvalue weighted by molar-refractivity contribution is 7.04. The van der Waals surface area contributed by atoms with Gasteiger partial charge >= 0.3 is 5.97 Å². The average molecular weight is 235 g/mol. The van der Waals surface area contributed by atoms with E-state index < -0.39 is 5.97 Å². The van der Waals surface area contributed by atoms with Gasteiger partial charge in [-0.05, 0) is 35.8 Å². The third-order valence-electron chi connectivity index (χ3n) is 2.16. The van der Waals surface area contributed by atoms with Crippen LogP contribution in [-0.2, 0) is 0 Å². The van der Waals surface area contributed by atoms with Crippen molar-refractivity contribution in [3.8, 4) is 17.0 Å². The molecule has 0 spiro atoms. The molecule has 0 fully saturated rings. The van der Waals surface area contributed by atoms with E-state index in [2.05, 4.69) is 4.37 Å². The Kier molecular flexibility index (Phi) is 2.87. The molecule has 0 aliphatic rings. The summed E-state index contributed by atoms with van der Waals surface area (Å²) in [6, 6.07) is 7.14. The average Bonchev–Trinajstić information content (AvgIpc) is 2.78. The maximum atomic E-state index is 10.9. The van der Waals surface area contributed by atoms with Crippen LogP contribution < -0.4 is 4.74 Å². The fraction of sp³-hybridized carbons (Fsp3) is 0.0909. The molecule has 0 saturated carbocycles. The summed E-state index contributed by atoms with van der Waals surface area (Å²) in [4.78, 5) is 10.9. The fourth-order valence-electron chi connectivity index (χ4n) is 1.35. The number of ether oxygens (including phenoxy) is 1. The summed E-state index contributed by atoms with van der Waals surface area (Å²) in [7, 11) is 1.58. The van der Waals surface area contributed by atoms with Gasteiger partial charge in [0, 0.05) is 10.9 Å². The first kappa shape index (κ1) is 10.6. The molecule has 0 aliphatic carbocycles. The molecule has 0 unspecified atom stereocenters. The van der Waals surface area contributed by atoms with Crippen LogP contribution in [0.5, 0.6) is 5.75 Å². The lowest BCUT2D eigenvalue weighted by Crippen LogP contribution is -1.96. The zero-order chi connectivity index (χ0) is 11.5. The van der Waals surface area contributed by atoms with E-state index in [4.69, 9.17) is 9.84 Å². The highest BCUT2D eigenvalue weighted by Gasteiger charge is 2.14. The van der Waals surface area contributed by atoms with Gasteiger partial charge in [0.25, 0.3) is 0 Å². The Morgan fingerprint density at radius 1 is 1.38 bits per heavy atom. The molecule has 2 aromatic rings. The van der Waals surface area contributed by atoms with Crippen LogP contribution in [0, 0.1) is 0 Å². The molecule has 82 valence electrons. The Morgan fingerprint density at radius 3 is 2.62 bits per heavy atom. The third kappa shape index (κ3) is 1.90. The topological polar surface area (TPSA) is 59.4 Å². The quantitative estimate of drug-likeness (QED) is 0.888. The van der Waals surface area contributed by atoms with Crippen LogP contribution >= 0.6 is 11.5 Å². The molecular formula is C11H9NO3S. The number of carbonyl (C=O) groups is 1. The van der Waals surface area contributed by atoms with Gasteiger partial charge < -0.3 is 9.84 Å². The first-order valence-electron chi connectivity index (χ1n) is 4.54. The van der Waals surface area contributed by atoms with Crippen molar-refractivity contribution in [1.29, 1.82) is 0 Å². The summed E-state index contributed by atoms with van der Waals surface area (Å²) in [5.74, 6) is -0.226. The molecule has 0 bridgehead atoms. The van der Waals surface area contributed by atoms with Crippen molar-refractivity contribution >= 4 is 17.5 Å². The van der Waals surface area contributed by atoms with Crippen molar-refractivity contribution in [1.82, 2.24) is 4.37 Å². The summed E-state index contributed by atoms with van der Waals surface area (Å²) in [5.41, 5.74) is 1.51. The van der Waals surface area contributed by atoms with Crippen LogP contribution in [0.1, 0.15) is 10.4 Å². The number of carboxylic acid groups (broad SMARTS) is 1. The van der Waals surface area contributed by atoms with Gasteiger partial charge in [0.15, 0.2) is 0 Å². The summed E-state index contributed by atoms with van der Waals surface area (Å²) < 4.78 is 9.11. The normalized spacial score (nSPS) is 10.1. The van der Waals surface area contributed by atoms with Crippen molar-refractivity contribution in [3.05, 3.63) is 35.2 Å². The minimum atomic E-state index is -0.959. The van der Waals surface area contributed by atoms with Crippen LogP contribution in [0.25, 0.3) is 11.3 Å².